The number of aryl methyl sites for hydroxylation is 2. The van der Waals surface area contributed by atoms with Crippen molar-refractivity contribution in [2.75, 3.05) is 5.32 Å². The van der Waals surface area contributed by atoms with E-state index in [1.54, 1.807) is 4.88 Å². The van der Waals surface area contributed by atoms with E-state index >= 15 is 0 Å². The summed E-state index contributed by atoms with van der Waals surface area (Å²) in [6, 6.07) is 2.30. The summed E-state index contributed by atoms with van der Waals surface area (Å²) in [6.07, 6.45) is 3.81. The van der Waals surface area contributed by atoms with Crippen molar-refractivity contribution in [3.8, 4) is 0 Å². The molecule has 3 nitrogen and oxygen atoms in total. The molecule has 0 fully saturated rings. The molecule has 0 unspecified atom stereocenters. The van der Waals surface area contributed by atoms with Crippen LogP contribution in [0.5, 0.6) is 0 Å². The molecule has 6 heteroatoms. The van der Waals surface area contributed by atoms with Gasteiger partial charge in [-0.15, -0.1) is 11.3 Å². The van der Waals surface area contributed by atoms with Crippen LogP contribution in [0.1, 0.15) is 21.7 Å². The Kier molecular flexibility index (Phi) is 2.83. The van der Waals surface area contributed by atoms with E-state index in [9.17, 15) is 0 Å². The number of nitrogens with zero attached hydrogens (tertiary/aromatic N) is 2. The maximum absolute atomic E-state index is 5.86. The van der Waals surface area contributed by atoms with Gasteiger partial charge < -0.3 is 5.32 Å². The third kappa shape index (κ3) is 1.95. The van der Waals surface area contributed by atoms with Gasteiger partial charge in [0.2, 0.25) is 0 Å². The quantitative estimate of drug-likeness (QED) is 0.930. The molecule has 3 rings (SSSR count). The molecule has 0 aromatic carbocycles. The van der Waals surface area contributed by atoms with Crippen LogP contribution < -0.4 is 5.32 Å². The number of hydrogen-bond acceptors (Lipinski definition) is 5. The standard InChI is InChI=1S/C10H10ClN3S2/c11-9-10(14-16-13-9)12-5-7-4-6-2-1-3-8(6)15-7/h4H,1-3,5H2,(H,12,14). The van der Waals surface area contributed by atoms with Crippen molar-refractivity contribution < 1.29 is 0 Å². The van der Waals surface area contributed by atoms with Gasteiger partial charge in [-0.25, -0.2) is 0 Å². The fourth-order valence-electron chi connectivity index (χ4n) is 1.93. The third-order valence-electron chi connectivity index (χ3n) is 2.68. The topological polar surface area (TPSA) is 37.8 Å². The summed E-state index contributed by atoms with van der Waals surface area (Å²) in [6.45, 7) is 0.794. The lowest BCUT2D eigenvalue weighted by Crippen LogP contribution is -1.97. The van der Waals surface area contributed by atoms with Gasteiger partial charge in [-0.05, 0) is 30.9 Å². The molecule has 2 aromatic heterocycles. The van der Waals surface area contributed by atoms with Crippen LogP contribution in [0.4, 0.5) is 5.82 Å². The Morgan fingerprint density at radius 2 is 2.31 bits per heavy atom. The minimum absolute atomic E-state index is 0.467. The molecule has 0 atom stereocenters. The molecular weight excluding hydrogens is 262 g/mol. The van der Waals surface area contributed by atoms with Crippen molar-refractivity contribution in [2.24, 2.45) is 0 Å². The van der Waals surface area contributed by atoms with Crippen molar-refractivity contribution in [1.29, 1.82) is 0 Å². The Labute approximate surface area is 107 Å². The largest absolute Gasteiger partial charge is 0.362 e. The monoisotopic (exact) mass is 271 g/mol. The van der Waals surface area contributed by atoms with E-state index in [1.807, 2.05) is 11.3 Å². The second-order valence-electron chi connectivity index (χ2n) is 3.77. The second-order valence-corrected chi connectivity index (χ2v) is 5.88. The van der Waals surface area contributed by atoms with Crippen LogP contribution in [0.25, 0.3) is 0 Å². The second kappa shape index (κ2) is 4.31. The van der Waals surface area contributed by atoms with Gasteiger partial charge in [0.05, 0.1) is 18.3 Å². The molecule has 1 aliphatic rings. The molecule has 1 aliphatic carbocycles. The van der Waals surface area contributed by atoms with Crippen LogP contribution in [0.3, 0.4) is 0 Å². The number of hydrogen-bond donors (Lipinski definition) is 1. The van der Waals surface area contributed by atoms with Gasteiger partial charge in [0.1, 0.15) is 0 Å². The number of halogens is 1. The highest BCUT2D eigenvalue weighted by Crippen LogP contribution is 2.31. The van der Waals surface area contributed by atoms with E-state index in [2.05, 4.69) is 20.1 Å². The van der Waals surface area contributed by atoms with Crippen molar-refractivity contribution in [2.45, 2.75) is 25.8 Å². The fourth-order valence-corrected chi connectivity index (χ4v) is 3.82. The van der Waals surface area contributed by atoms with Crippen LogP contribution >= 0.6 is 34.7 Å². The zero-order valence-electron chi connectivity index (χ0n) is 8.49. The number of nitrogens with one attached hydrogen (secondary N) is 1. The van der Waals surface area contributed by atoms with Crippen molar-refractivity contribution >= 4 is 40.5 Å². The Morgan fingerprint density at radius 3 is 3.06 bits per heavy atom. The van der Waals surface area contributed by atoms with E-state index in [0.29, 0.717) is 11.0 Å². The fraction of sp³-hybridized carbons (Fsp3) is 0.400. The van der Waals surface area contributed by atoms with Crippen LogP contribution in [0.2, 0.25) is 5.15 Å². The van der Waals surface area contributed by atoms with Crippen LogP contribution in [0.15, 0.2) is 6.07 Å². The summed E-state index contributed by atoms with van der Waals surface area (Å²) < 4.78 is 8.00. The molecule has 0 aliphatic heterocycles. The highest BCUT2D eigenvalue weighted by molar-refractivity contribution is 7.12. The van der Waals surface area contributed by atoms with E-state index in [0.717, 1.165) is 18.3 Å². The molecule has 1 N–H and O–H groups in total. The van der Waals surface area contributed by atoms with Crippen molar-refractivity contribution in [1.82, 2.24) is 8.75 Å². The summed E-state index contributed by atoms with van der Waals surface area (Å²) in [7, 11) is 0. The highest BCUT2D eigenvalue weighted by Gasteiger charge is 2.14. The molecule has 2 heterocycles. The lowest BCUT2D eigenvalue weighted by Gasteiger charge is -1.99. The van der Waals surface area contributed by atoms with Crippen molar-refractivity contribution in [3.05, 3.63) is 26.5 Å². The molecule has 0 saturated carbocycles. The highest BCUT2D eigenvalue weighted by atomic mass is 35.5. The number of thiophene rings is 1. The zero-order chi connectivity index (χ0) is 11.0. The molecule has 0 amide bonds. The lowest BCUT2D eigenvalue weighted by molar-refractivity contribution is 0.913. The average Bonchev–Trinajstić information content (AvgIpc) is 2.89. The molecule has 2 aromatic rings. The van der Waals surface area contributed by atoms with Gasteiger partial charge in [-0.3, -0.25) is 0 Å². The number of fused-ring (bicyclic) bond motifs is 1. The molecule has 84 valence electrons. The van der Waals surface area contributed by atoms with Crippen LogP contribution in [-0.2, 0) is 19.4 Å². The first kappa shape index (κ1) is 10.5. The first-order valence-corrected chi connectivity index (χ1v) is 7.08. The summed E-state index contributed by atoms with van der Waals surface area (Å²) in [5, 5.41) is 3.68. The Hall–Kier alpha value is -0.650. The van der Waals surface area contributed by atoms with Gasteiger partial charge in [-0.2, -0.15) is 8.75 Å². The summed E-state index contributed by atoms with van der Waals surface area (Å²) in [5.41, 5.74) is 1.53. The molecular formula is C10H10ClN3S2. The normalized spacial score (nSPS) is 14.1. The maximum Gasteiger partial charge on any atom is 0.186 e. The first-order chi connectivity index (χ1) is 7.83. The van der Waals surface area contributed by atoms with Gasteiger partial charge >= 0.3 is 0 Å². The predicted molar refractivity (Wildman–Crippen MR) is 68.6 cm³/mol. The smallest absolute Gasteiger partial charge is 0.186 e. The Morgan fingerprint density at radius 1 is 1.38 bits per heavy atom. The minimum Gasteiger partial charge on any atom is -0.362 e. The Balaban J connectivity index is 1.69. The molecule has 0 saturated heterocycles. The van der Waals surface area contributed by atoms with E-state index in [-0.39, 0.29) is 0 Å². The molecule has 0 spiro atoms. The average molecular weight is 272 g/mol. The number of anilines is 1. The van der Waals surface area contributed by atoms with Crippen LogP contribution in [-0.4, -0.2) is 8.75 Å². The summed E-state index contributed by atoms with van der Waals surface area (Å²) in [5.74, 6) is 0.695. The maximum atomic E-state index is 5.86. The molecule has 0 radical (unpaired) electrons. The van der Waals surface area contributed by atoms with Gasteiger partial charge in [-0.1, -0.05) is 11.6 Å². The summed E-state index contributed by atoms with van der Waals surface area (Å²) in [4.78, 5) is 2.91. The number of rotatable bonds is 3. The molecule has 0 bridgehead atoms. The predicted octanol–water partition coefficient (Wildman–Crippen LogP) is 3.35. The first-order valence-electron chi connectivity index (χ1n) is 5.15. The molecule has 16 heavy (non-hydrogen) atoms. The number of aromatic nitrogens is 2. The third-order valence-corrected chi connectivity index (χ3v) is 4.81. The summed E-state index contributed by atoms with van der Waals surface area (Å²) >= 11 is 8.89. The van der Waals surface area contributed by atoms with Gasteiger partial charge in [0.15, 0.2) is 11.0 Å². The minimum atomic E-state index is 0.467. The zero-order valence-corrected chi connectivity index (χ0v) is 10.9. The van der Waals surface area contributed by atoms with E-state index in [1.165, 1.54) is 29.7 Å². The van der Waals surface area contributed by atoms with Crippen LogP contribution in [0, 0.1) is 0 Å². The van der Waals surface area contributed by atoms with E-state index in [4.69, 9.17) is 11.6 Å². The van der Waals surface area contributed by atoms with Gasteiger partial charge in [0.25, 0.3) is 0 Å². The lowest BCUT2D eigenvalue weighted by atomic mass is 10.2. The van der Waals surface area contributed by atoms with Crippen molar-refractivity contribution in [3.63, 3.8) is 0 Å². The Bertz CT molecular complexity index is 484. The van der Waals surface area contributed by atoms with E-state index < -0.39 is 0 Å². The van der Waals surface area contributed by atoms with Gasteiger partial charge in [0, 0.05) is 9.75 Å². The SMILES string of the molecule is Clc1nsnc1NCc1cc2c(s1)CCC2.